The minimum atomic E-state index is -3.40. The molecule has 2 atom stereocenters. The van der Waals surface area contributed by atoms with Gasteiger partial charge in [0.25, 0.3) is 10.2 Å². The molecule has 2 fully saturated rings. The van der Waals surface area contributed by atoms with Crippen molar-refractivity contribution in [1.82, 2.24) is 9.03 Å². The average molecular weight is 275 g/mol. The Morgan fingerprint density at radius 2 is 2.00 bits per heavy atom. The monoisotopic (exact) mass is 275 g/mol. The molecule has 18 heavy (non-hydrogen) atoms. The van der Waals surface area contributed by atoms with E-state index in [1.54, 1.807) is 4.31 Å². The summed E-state index contributed by atoms with van der Waals surface area (Å²) >= 11 is 0. The molecule has 2 aliphatic rings. The summed E-state index contributed by atoms with van der Waals surface area (Å²) in [5.74, 6) is 0.400. The molecule has 0 bridgehead atoms. The molecule has 1 aliphatic heterocycles. The van der Waals surface area contributed by atoms with Gasteiger partial charge in [-0.3, -0.25) is 0 Å². The molecule has 0 aromatic rings. The molecule has 2 unspecified atom stereocenters. The smallest absolute Gasteiger partial charge is 0.280 e. The quantitative estimate of drug-likeness (QED) is 0.780. The lowest BCUT2D eigenvalue weighted by Crippen LogP contribution is -2.58. The fourth-order valence-electron chi connectivity index (χ4n) is 2.79. The summed E-state index contributed by atoms with van der Waals surface area (Å²) in [4.78, 5) is 0. The van der Waals surface area contributed by atoms with Crippen molar-refractivity contribution in [2.75, 3.05) is 13.1 Å². The van der Waals surface area contributed by atoms with Crippen LogP contribution in [0.3, 0.4) is 0 Å². The first-order chi connectivity index (χ1) is 8.39. The minimum Gasteiger partial charge on any atom is -0.329 e. The molecule has 5 nitrogen and oxygen atoms in total. The van der Waals surface area contributed by atoms with E-state index in [1.807, 2.05) is 13.8 Å². The van der Waals surface area contributed by atoms with E-state index in [9.17, 15) is 8.42 Å². The van der Waals surface area contributed by atoms with Gasteiger partial charge in [-0.25, -0.2) is 0 Å². The van der Waals surface area contributed by atoms with E-state index < -0.39 is 15.7 Å². The van der Waals surface area contributed by atoms with Crippen molar-refractivity contribution in [2.24, 2.45) is 11.7 Å². The van der Waals surface area contributed by atoms with Gasteiger partial charge < -0.3 is 5.73 Å². The first kappa shape index (κ1) is 14.2. The van der Waals surface area contributed by atoms with Gasteiger partial charge in [-0.2, -0.15) is 17.4 Å². The van der Waals surface area contributed by atoms with Gasteiger partial charge in [0.1, 0.15) is 0 Å². The molecule has 3 N–H and O–H groups in total. The van der Waals surface area contributed by atoms with Gasteiger partial charge in [0.05, 0.1) is 0 Å². The van der Waals surface area contributed by atoms with E-state index in [-0.39, 0.29) is 6.04 Å². The van der Waals surface area contributed by atoms with Crippen molar-refractivity contribution in [3.8, 4) is 0 Å². The number of nitrogens with two attached hydrogens (primary N) is 1. The lowest BCUT2D eigenvalue weighted by Gasteiger charge is -2.37. The van der Waals surface area contributed by atoms with E-state index in [2.05, 4.69) is 4.72 Å². The highest BCUT2D eigenvalue weighted by Gasteiger charge is 2.44. The molecule has 0 aromatic carbocycles. The molecule has 1 saturated carbocycles. The fraction of sp³-hybridized carbons (Fsp3) is 1.00. The Balaban J connectivity index is 2.10. The Bertz CT molecular complexity index is 394. The number of nitrogens with one attached hydrogen (secondary N) is 1. The van der Waals surface area contributed by atoms with Gasteiger partial charge in [0.15, 0.2) is 0 Å². The predicted molar refractivity (Wildman–Crippen MR) is 72.3 cm³/mol. The van der Waals surface area contributed by atoms with Crippen molar-refractivity contribution < 1.29 is 8.42 Å². The first-order valence-electron chi connectivity index (χ1n) is 6.90. The van der Waals surface area contributed by atoms with Crippen LogP contribution in [0, 0.1) is 5.92 Å². The summed E-state index contributed by atoms with van der Waals surface area (Å²) in [5, 5.41) is 0. The Hall–Kier alpha value is -0.170. The van der Waals surface area contributed by atoms with Crippen LogP contribution >= 0.6 is 0 Å². The van der Waals surface area contributed by atoms with Crippen LogP contribution in [0.5, 0.6) is 0 Å². The molecule has 2 rings (SSSR count). The van der Waals surface area contributed by atoms with E-state index in [0.29, 0.717) is 19.0 Å². The van der Waals surface area contributed by atoms with Crippen molar-refractivity contribution in [2.45, 2.75) is 57.5 Å². The molecular formula is C12H25N3O2S. The largest absolute Gasteiger partial charge is 0.329 e. The third-order valence-corrected chi connectivity index (χ3v) is 6.20. The average Bonchev–Trinajstić information content (AvgIpc) is 3.12. The van der Waals surface area contributed by atoms with Crippen molar-refractivity contribution in [3.63, 3.8) is 0 Å². The van der Waals surface area contributed by atoms with Crippen molar-refractivity contribution >= 4 is 10.2 Å². The van der Waals surface area contributed by atoms with E-state index in [0.717, 1.165) is 32.1 Å². The van der Waals surface area contributed by atoms with E-state index in [4.69, 9.17) is 5.73 Å². The van der Waals surface area contributed by atoms with Crippen LogP contribution in [-0.2, 0) is 10.2 Å². The zero-order valence-electron chi connectivity index (χ0n) is 11.4. The van der Waals surface area contributed by atoms with Crippen molar-refractivity contribution in [3.05, 3.63) is 0 Å². The molecule has 0 amide bonds. The second-order valence-electron chi connectivity index (χ2n) is 5.96. The van der Waals surface area contributed by atoms with Gasteiger partial charge in [-0.1, -0.05) is 6.42 Å². The van der Waals surface area contributed by atoms with Crippen LogP contribution in [0.2, 0.25) is 0 Å². The number of rotatable bonds is 5. The maximum atomic E-state index is 12.5. The summed E-state index contributed by atoms with van der Waals surface area (Å²) in [6.45, 7) is 4.90. The zero-order chi connectivity index (χ0) is 13.4. The van der Waals surface area contributed by atoms with Crippen molar-refractivity contribution in [1.29, 1.82) is 0 Å². The van der Waals surface area contributed by atoms with Gasteiger partial charge in [0.2, 0.25) is 0 Å². The molecule has 0 radical (unpaired) electrons. The van der Waals surface area contributed by atoms with Crippen LogP contribution in [0.25, 0.3) is 0 Å². The number of hydrogen-bond acceptors (Lipinski definition) is 3. The standard InChI is InChI=1S/C12H25N3O2S/c1-10-5-3-4-8-15(10)18(16,17)14-12(2,9-13)11-6-7-11/h10-11,14H,3-9,13H2,1-2H3. The van der Waals surface area contributed by atoms with E-state index in [1.165, 1.54) is 0 Å². The third-order valence-electron chi connectivity index (χ3n) is 4.32. The van der Waals surface area contributed by atoms with Gasteiger partial charge >= 0.3 is 0 Å². The molecule has 0 spiro atoms. The summed E-state index contributed by atoms with van der Waals surface area (Å²) in [5.41, 5.74) is 5.30. The van der Waals surface area contributed by atoms with Gasteiger partial charge in [-0.05, 0) is 45.4 Å². The fourth-order valence-corrected chi connectivity index (χ4v) is 4.70. The number of piperidine rings is 1. The van der Waals surface area contributed by atoms with Crippen LogP contribution in [0.4, 0.5) is 0 Å². The third kappa shape index (κ3) is 2.87. The molecule has 1 aliphatic carbocycles. The molecule has 1 heterocycles. The van der Waals surface area contributed by atoms with Gasteiger partial charge in [-0.15, -0.1) is 0 Å². The first-order valence-corrected chi connectivity index (χ1v) is 8.34. The normalized spacial score (nSPS) is 30.1. The topological polar surface area (TPSA) is 75.4 Å². The summed E-state index contributed by atoms with van der Waals surface area (Å²) in [6, 6.07) is 0.0949. The molecular weight excluding hydrogens is 250 g/mol. The maximum absolute atomic E-state index is 12.5. The van der Waals surface area contributed by atoms with Gasteiger partial charge in [0, 0.05) is 24.7 Å². The Morgan fingerprint density at radius 3 is 2.50 bits per heavy atom. The lowest BCUT2D eigenvalue weighted by atomic mass is 9.98. The molecule has 6 heteroatoms. The number of hydrogen-bond donors (Lipinski definition) is 2. The lowest BCUT2D eigenvalue weighted by molar-refractivity contribution is 0.255. The van der Waals surface area contributed by atoms with Crippen LogP contribution in [0.15, 0.2) is 0 Å². The minimum absolute atomic E-state index is 0.0949. The predicted octanol–water partition coefficient (Wildman–Crippen LogP) is 0.823. The number of nitrogens with zero attached hydrogens (tertiary/aromatic N) is 1. The molecule has 0 aromatic heterocycles. The Labute approximate surface area is 110 Å². The van der Waals surface area contributed by atoms with Crippen LogP contribution in [-0.4, -0.2) is 37.4 Å². The van der Waals surface area contributed by atoms with E-state index >= 15 is 0 Å². The van der Waals surface area contributed by atoms with Crippen LogP contribution in [0.1, 0.15) is 46.0 Å². The highest BCUT2D eigenvalue weighted by molar-refractivity contribution is 7.87. The zero-order valence-corrected chi connectivity index (χ0v) is 12.2. The summed E-state index contributed by atoms with van der Waals surface area (Å²) in [6.07, 6.45) is 5.17. The molecule has 1 saturated heterocycles. The summed E-state index contributed by atoms with van der Waals surface area (Å²) in [7, 11) is -3.40. The highest BCUT2D eigenvalue weighted by atomic mass is 32.2. The summed E-state index contributed by atoms with van der Waals surface area (Å²) < 4.78 is 29.4. The maximum Gasteiger partial charge on any atom is 0.280 e. The Morgan fingerprint density at radius 1 is 1.33 bits per heavy atom. The second-order valence-corrected chi connectivity index (χ2v) is 7.58. The SMILES string of the molecule is CC1CCCCN1S(=O)(=O)NC(C)(CN)C1CC1. The second kappa shape index (κ2) is 5.07. The van der Waals surface area contributed by atoms with Crippen LogP contribution < -0.4 is 10.5 Å². The molecule has 106 valence electrons. The Kier molecular flexibility index (Phi) is 4.02. The highest BCUT2D eigenvalue weighted by Crippen LogP contribution is 2.39.